The third-order valence-electron chi connectivity index (χ3n) is 6.47. The van der Waals surface area contributed by atoms with Gasteiger partial charge >= 0.3 is 12.5 Å². The molecule has 4 rings (SSSR count). The molecule has 2 N–H and O–H groups in total. The summed E-state index contributed by atoms with van der Waals surface area (Å²) >= 11 is 0. The summed E-state index contributed by atoms with van der Waals surface area (Å²) in [6, 6.07) is 11.8. The van der Waals surface area contributed by atoms with Crippen LogP contribution in [0.4, 0.5) is 26.3 Å². The minimum Gasteiger partial charge on any atom is -0.405 e. The molecule has 2 aromatic carbocycles. The first-order valence-corrected chi connectivity index (χ1v) is 12.4. The fourth-order valence-corrected chi connectivity index (χ4v) is 4.61. The first-order chi connectivity index (χ1) is 19.3. The number of aromatic nitrogens is 4. The SMILES string of the molecule is CC(=O)NCC(=O)N1CC[C@H](NCc2cc(-n3nnnc3C(F)(F)F)ccc2OC(F)(F)F)[C@H](c2ccccc2)C1. The predicted octanol–water partition coefficient (Wildman–Crippen LogP) is 3.19. The van der Waals surface area contributed by atoms with E-state index in [1.54, 1.807) is 4.90 Å². The number of benzene rings is 2. The first kappa shape index (κ1) is 29.8. The lowest BCUT2D eigenvalue weighted by Crippen LogP contribution is -2.51. The Morgan fingerprint density at radius 3 is 2.46 bits per heavy atom. The number of hydrogen-bond donors (Lipinski definition) is 2. The van der Waals surface area contributed by atoms with Gasteiger partial charge in [-0.1, -0.05) is 30.3 Å². The van der Waals surface area contributed by atoms with Gasteiger partial charge in [0.2, 0.25) is 11.8 Å². The molecular formula is C25H25F6N7O3. The zero-order chi connectivity index (χ0) is 29.8. The zero-order valence-electron chi connectivity index (χ0n) is 21.5. The Kier molecular flexibility index (Phi) is 8.80. The van der Waals surface area contributed by atoms with Crippen LogP contribution in [0, 0.1) is 0 Å². The van der Waals surface area contributed by atoms with Crippen LogP contribution in [-0.2, 0) is 22.3 Å². The maximum absolute atomic E-state index is 13.3. The van der Waals surface area contributed by atoms with Gasteiger partial charge in [-0.05, 0) is 40.6 Å². The van der Waals surface area contributed by atoms with Gasteiger partial charge in [-0.3, -0.25) is 9.59 Å². The van der Waals surface area contributed by atoms with Crippen molar-refractivity contribution in [1.82, 2.24) is 35.7 Å². The van der Waals surface area contributed by atoms with Crippen molar-refractivity contribution in [2.45, 2.75) is 44.4 Å². The van der Waals surface area contributed by atoms with Gasteiger partial charge in [-0.25, -0.2) is 0 Å². The molecule has 0 spiro atoms. The standard InChI is InChI=1S/C25H25F6N7O3/c1-15(39)32-13-22(40)37-10-9-20(19(14-37)16-5-3-2-4-6-16)33-12-17-11-18(7-8-21(17)41-25(29,30)31)38-23(24(26,27)28)34-35-36-38/h2-8,11,19-20,33H,9-10,12-14H2,1H3,(H,32,39)/t19-,20-/m0/s1. The third-order valence-corrected chi connectivity index (χ3v) is 6.47. The molecule has 0 saturated carbocycles. The van der Waals surface area contributed by atoms with Crippen molar-refractivity contribution in [1.29, 1.82) is 0 Å². The highest BCUT2D eigenvalue weighted by molar-refractivity contribution is 5.83. The Bertz CT molecular complexity index is 1360. The summed E-state index contributed by atoms with van der Waals surface area (Å²) in [4.78, 5) is 25.5. The summed E-state index contributed by atoms with van der Waals surface area (Å²) in [7, 11) is 0. The second-order valence-electron chi connectivity index (χ2n) is 9.29. The van der Waals surface area contributed by atoms with Gasteiger partial charge in [0, 0.05) is 44.1 Å². The number of alkyl halides is 6. The number of hydrogen-bond acceptors (Lipinski definition) is 7. The van der Waals surface area contributed by atoms with Crippen LogP contribution in [0.1, 0.15) is 36.2 Å². The van der Waals surface area contributed by atoms with E-state index in [1.165, 1.54) is 6.92 Å². The lowest BCUT2D eigenvalue weighted by atomic mass is 9.85. The normalized spacial score (nSPS) is 17.8. The summed E-state index contributed by atoms with van der Waals surface area (Å²) in [6.07, 6.45) is -9.54. The second kappa shape index (κ2) is 12.1. The molecule has 1 aliphatic heterocycles. The first-order valence-electron chi connectivity index (χ1n) is 12.4. The van der Waals surface area contributed by atoms with Gasteiger partial charge in [0.05, 0.1) is 12.2 Å². The lowest BCUT2D eigenvalue weighted by Gasteiger charge is -2.39. The minimum atomic E-state index is -5.05. The topological polar surface area (TPSA) is 114 Å². The van der Waals surface area contributed by atoms with Crippen LogP contribution in [0.2, 0.25) is 0 Å². The van der Waals surface area contributed by atoms with Crippen molar-refractivity contribution in [2.75, 3.05) is 19.6 Å². The van der Waals surface area contributed by atoms with E-state index < -0.39 is 24.1 Å². The number of rotatable bonds is 8. The molecule has 2 amide bonds. The largest absolute Gasteiger partial charge is 0.573 e. The van der Waals surface area contributed by atoms with E-state index >= 15 is 0 Å². The molecule has 0 unspecified atom stereocenters. The van der Waals surface area contributed by atoms with Crippen LogP contribution in [0.5, 0.6) is 5.75 Å². The van der Waals surface area contributed by atoms with E-state index in [0.29, 0.717) is 17.6 Å². The molecule has 1 fully saturated rings. The summed E-state index contributed by atoms with van der Waals surface area (Å²) in [6.45, 7) is 1.50. The van der Waals surface area contributed by atoms with Gasteiger partial charge in [0.1, 0.15) is 5.75 Å². The molecule has 10 nitrogen and oxygen atoms in total. The molecule has 1 aliphatic rings. The summed E-state index contributed by atoms with van der Waals surface area (Å²) in [5.74, 6) is -2.96. The molecule has 1 aromatic heterocycles. The Morgan fingerprint density at radius 1 is 1.07 bits per heavy atom. The Hall–Kier alpha value is -4.21. The van der Waals surface area contributed by atoms with E-state index in [4.69, 9.17) is 0 Å². The molecule has 220 valence electrons. The van der Waals surface area contributed by atoms with Crippen molar-refractivity contribution >= 4 is 11.8 Å². The van der Waals surface area contributed by atoms with Crippen molar-refractivity contribution < 1.29 is 40.7 Å². The van der Waals surface area contributed by atoms with Gasteiger partial charge in [-0.15, -0.1) is 18.3 Å². The second-order valence-corrected chi connectivity index (χ2v) is 9.29. The maximum Gasteiger partial charge on any atom is 0.573 e. The van der Waals surface area contributed by atoms with Crippen molar-refractivity contribution in [3.05, 3.63) is 65.5 Å². The molecule has 3 aromatic rings. The third kappa shape index (κ3) is 7.71. The van der Waals surface area contributed by atoms with Crippen LogP contribution in [0.3, 0.4) is 0 Å². The molecule has 2 heterocycles. The predicted molar refractivity (Wildman–Crippen MR) is 131 cm³/mol. The molecule has 0 aliphatic carbocycles. The number of piperidine rings is 1. The number of likely N-dealkylation sites (tertiary alicyclic amines) is 1. The summed E-state index contributed by atoms with van der Waals surface area (Å²) < 4.78 is 83.9. The molecule has 1 saturated heterocycles. The maximum atomic E-state index is 13.3. The smallest absolute Gasteiger partial charge is 0.405 e. The minimum absolute atomic E-state index is 0.0839. The highest BCUT2D eigenvalue weighted by Gasteiger charge is 2.39. The Morgan fingerprint density at radius 2 is 1.80 bits per heavy atom. The van der Waals surface area contributed by atoms with Gasteiger partial charge in [0.25, 0.3) is 5.82 Å². The number of nitrogens with zero attached hydrogens (tertiary/aromatic N) is 5. The Balaban J connectivity index is 1.60. The molecule has 41 heavy (non-hydrogen) atoms. The number of halogens is 6. The van der Waals surface area contributed by atoms with Crippen molar-refractivity contribution in [3.63, 3.8) is 0 Å². The van der Waals surface area contributed by atoms with Gasteiger partial charge in [0.15, 0.2) is 0 Å². The van der Waals surface area contributed by atoms with Crippen molar-refractivity contribution in [2.24, 2.45) is 0 Å². The molecular weight excluding hydrogens is 560 g/mol. The summed E-state index contributed by atoms with van der Waals surface area (Å²) in [5.41, 5.74) is 0.567. The van der Waals surface area contributed by atoms with E-state index in [0.717, 1.165) is 23.8 Å². The van der Waals surface area contributed by atoms with E-state index in [-0.39, 0.29) is 54.7 Å². The highest BCUT2D eigenvalue weighted by atomic mass is 19.4. The lowest BCUT2D eigenvalue weighted by molar-refractivity contribution is -0.274. The number of ether oxygens (including phenoxy) is 1. The Labute approximate surface area is 229 Å². The fourth-order valence-electron chi connectivity index (χ4n) is 4.61. The van der Waals surface area contributed by atoms with Crippen LogP contribution >= 0.6 is 0 Å². The van der Waals surface area contributed by atoms with Crippen LogP contribution in [0.15, 0.2) is 48.5 Å². The van der Waals surface area contributed by atoms with E-state index in [9.17, 15) is 35.9 Å². The average Bonchev–Trinajstić information content (AvgIpc) is 3.42. The number of amides is 2. The molecule has 0 bridgehead atoms. The van der Waals surface area contributed by atoms with E-state index in [1.807, 2.05) is 30.3 Å². The number of tetrazole rings is 1. The highest BCUT2D eigenvalue weighted by Crippen LogP contribution is 2.33. The zero-order valence-corrected chi connectivity index (χ0v) is 21.5. The van der Waals surface area contributed by atoms with Crippen LogP contribution in [0.25, 0.3) is 5.69 Å². The average molecular weight is 586 g/mol. The van der Waals surface area contributed by atoms with E-state index in [2.05, 4.69) is 30.9 Å². The number of nitrogens with one attached hydrogen (secondary N) is 2. The molecule has 2 atom stereocenters. The fraction of sp³-hybridized carbons (Fsp3) is 0.400. The van der Waals surface area contributed by atoms with Crippen LogP contribution < -0.4 is 15.4 Å². The van der Waals surface area contributed by atoms with Gasteiger partial charge < -0.3 is 20.3 Å². The number of carbonyl (C=O) groups excluding carboxylic acids is 2. The number of carbonyl (C=O) groups is 2. The monoisotopic (exact) mass is 585 g/mol. The van der Waals surface area contributed by atoms with Crippen molar-refractivity contribution in [3.8, 4) is 11.4 Å². The quantitative estimate of drug-likeness (QED) is 0.391. The summed E-state index contributed by atoms with van der Waals surface area (Å²) in [5, 5.41) is 15.0. The van der Waals surface area contributed by atoms with Crippen LogP contribution in [-0.4, -0.2) is 69.0 Å². The molecule has 0 radical (unpaired) electrons. The molecule has 16 heteroatoms. The van der Waals surface area contributed by atoms with Gasteiger partial charge in [-0.2, -0.15) is 17.9 Å².